The summed E-state index contributed by atoms with van der Waals surface area (Å²) in [5, 5.41) is 3.52. The molecule has 2 nitrogen and oxygen atoms in total. The summed E-state index contributed by atoms with van der Waals surface area (Å²) in [6, 6.07) is 8.62. The molecule has 2 heteroatoms. The van der Waals surface area contributed by atoms with Gasteiger partial charge in [0.2, 0.25) is 0 Å². The Morgan fingerprint density at radius 3 is 3.00 bits per heavy atom. The first-order valence-corrected chi connectivity index (χ1v) is 6.13. The fourth-order valence-corrected chi connectivity index (χ4v) is 2.18. The molecule has 1 aliphatic rings. The van der Waals surface area contributed by atoms with Crippen molar-refractivity contribution in [2.75, 3.05) is 19.7 Å². The Hall–Kier alpha value is -0.860. The number of hydrogen-bond acceptors (Lipinski definition) is 2. The zero-order valence-corrected chi connectivity index (χ0v) is 10.2. The second kappa shape index (κ2) is 5.46. The predicted octanol–water partition coefficient (Wildman–Crippen LogP) is 2.55. The predicted molar refractivity (Wildman–Crippen MR) is 66.5 cm³/mol. The highest BCUT2D eigenvalue weighted by molar-refractivity contribution is 5.31. The van der Waals surface area contributed by atoms with E-state index in [1.54, 1.807) is 0 Å². The molecule has 0 spiro atoms. The van der Waals surface area contributed by atoms with Crippen LogP contribution in [0.3, 0.4) is 0 Å². The second-order valence-electron chi connectivity index (χ2n) is 4.96. The molecule has 0 amide bonds. The Labute approximate surface area is 98.0 Å². The zero-order chi connectivity index (χ0) is 11.4. The zero-order valence-electron chi connectivity index (χ0n) is 10.2. The van der Waals surface area contributed by atoms with Crippen molar-refractivity contribution in [3.05, 3.63) is 35.4 Å². The quantitative estimate of drug-likeness (QED) is 0.840. The van der Waals surface area contributed by atoms with Gasteiger partial charge in [-0.3, -0.25) is 0 Å². The van der Waals surface area contributed by atoms with Crippen LogP contribution < -0.4 is 5.32 Å². The second-order valence-corrected chi connectivity index (χ2v) is 4.96. The van der Waals surface area contributed by atoms with Crippen molar-refractivity contribution in [2.24, 2.45) is 5.92 Å². The van der Waals surface area contributed by atoms with E-state index in [0.717, 1.165) is 26.3 Å². The third kappa shape index (κ3) is 2.83. The summed E-state index contributed by atoms with van der Waals surface area (Å²) in [4.78, 5) is 0. The summed E-state index contributed by atoms with van der Waals surface area (Å²) in [7, 11) is 0. The number of benzene rings is 1. The third-order valence-corrected chi connectivity index (χ3v) is 3.01. The summed E-state index contributed by atoms with van der Waals surface area (Å²) in [5.74, 6) is 1.23. The van der Waals surface area contributed by atoms with Crippen LogP contribution in [0.1, 0.15) is 30.9 Å². The van der Waals surface area contributed by atoms with Crippen LogP contribution in [0, 0.1) is 5.92 Å². The van der Waals surface area contributed by atoms with Gasteiger partial charge in [0.1, 0.15) is 0 Å². The molecule has 1 aromatic rings. The van der Waals surface area contributed by atoms with Crippen LogP contribution in [0.2, 0.25) is 0 Å². The maximum absolute atomic E-state index is 5.63. The van der Waals surface area contributed by atoms with E-state index in [9.17, 15) is 0 Å². The molecule has 16 heavy (non-hydrogen) atoms. The van der Waals surface area contributed by atoms with Crippen molar-refractivity contribution in [3.8, 4) is 0 Å². The van der Waals surface area contributed by atoms with Gasteiger partial charge < -0.3 is 10.1 Å². The molecular formula is C14H21NO. The van der Waals surface area contributed by atoms with Gasteiger partial charge in [-0.1, -0.05) is 38.1 Å². The fraction of sp³-hybridized carbons (Fsp3) is 0.571. The highest BCUT2D eigenvalue weighted by Gasteiger charge is 2.19. The molecule has 1 heterocycles. The molecule has 1 atom stereocenters. The first kappa shape index (κ1) is 11.6. The summed E-state index contributed by atoms with van der Waals surface area (Å²) >= 11 is 0. The molecule has 0 bridgehead atoms. The molecule has 1 aliphatic heterocycles. The monoisotopic (exact) mass is 219 g/mol. The van der Waals surface area contributed by atoms with E-state index in [-0.39, 0.29) is 0 Å². The van der Waals surface area contributed by atoms with Crippen LogP contribution in [0.25, 0.3) is 0 Å². The molecule has 0 radical (unpaired) electrons. The molecule has 1 N–H and O–H groups in total. The van der Waals surface area contributed by atoms with Crippen LogP contribution in [0.5, 0.6) is 0 Å². The first-order valence-electron chi connectivity index (χ1n) is 6.13. The molecule has 88 valence electrons. The highest BCUT2D eigenvalue weighted by atomic mass is 16.5. The lowest BCUT2D eigenvalue weighted by molar-refractivity contribution is 0.0905. The van der Waals surface area contributed by atoms with Gasteiger partial charge in [-0.2, -0.15) is 0 Å². The average Bonchev–Trinajstić information content (AvgIpc) is 2.29. The SMILES string of the molecule is CC(C)CNCC1COCc2ccccc21. The molecule has 0 saturated carbocycles. The molecule has 0 aliphatic carbocycles. The van der Waals surface area contributed by atoms with Gasteiger partial charge in [0, 0.05) is 12.5 Å². The van der Waals surface area contributed by atoms with Crippen molar-refractivity contribution in [1.29, 1.82) is 0 Å². The first-order chi connectivity index (χ1) is 7.77. The summed E-state index contributed by atoms with van der Waals surface area (Å²) in [5.41, 5.74) is 2.81. The van der Waals surface area contributed by atoms with Crippen molar-refractivity contribution in [2.45, 2.75) is 26.4 Å². The van der Waals surface area contributed by atoms with Gasteiger partial charge in [-0.05, 0) is 23.6 Å². The molecule has 0 fully saturated rings. The normalized spacial score (nSPS) is 19.8. The summed E-state index contributed by atoms with van der Waals surface area (Å²) in [6.07, 6.45) is 0. The van der Waals surface area contributed by atoms with Gasteiger partial charge in [0.15, 0.2) is 0 Å². The van der Waals surface area contributed by atoms with Crippen LogP contribution in [0.4, 0.5) is 0 Å². The van der Waals surface area contributed by atoms with E-state index < -0.39 is 0 Å². The van der Waals surface area contributed by atoms with Crippen LogP contribution in [-0.4, -0.2) is 19.7 Å². The maximum atomic E-state index is 5.63. The molecule has 2 rings (SSSR count). The van der Waals surface area contributed by atoms with E-state index in [1.165, 1.54) is 11.1 Å². The summed E-state index contributed by atoms with van der Waals surface area (Å²) in [6.45, 7) is 8.20. The lowest BCUT2D eigenvalue weighted by Crippen LogP contribution is -2.30. The maximum Gasteiger partial charge on any atom is 0.0719 e. The minimum atomic E-state index is 0.517. The minimum absolute atomic E-state index is 0.517. The minimum Gasteiger partial charge on any atom is -0.376 e. The van der Waals surface area contributed by atoms with Crippen molar-refractivity contribution in [3.63, 3.8) is 0 Å². The number of rotatable bonds is 4. The highest BCUT2D eigenvalue weighted by Crippen LogP contribution is 2.25. The molecule has 1 aromatic carbocycles. The van der Waals surface area contributed by atoms with Gasteiger partial charge in [0.05, 0.1) is 13.2 Å². The fourth-order valence-electron chi connectivity index (χ4n) is 2.18. The molecule has 0 saturated heterocycles. The van der Waals surface area contributed by atoms with E-state index in [2.05, 4.69) is 43.4 Å². The molecule has 0 aromatic heterocycles. The van der Waals surface area contributed by atoms with Crippen LogP contribution in [-0.2, 0) is 11.3 Å². The average molecular weight is 219 g/mol. The van der Waals surface area contributed by atoms with Gasteiger partial charge >= 0.3 is 0 Å². The standard InChI is InChI=1S/C14H21NO/c1-11(2)7-15-8-13-10-16-9-12-5-3-4-6-14(12)13/h3-6,11,13,15H,7-10H2,1-2H3. The van der Waals surface area contributed by atoms with Gasteiger partial charge in [-0.25, -0.2) is 0 Å². The van der Waals surface area contributed by atoms with E-state index in [1.807, 2.05) is 0 Å². The Morgan fingerprint density at radius 1 is 1.38 bits per heavy atom. The number of nitrogens with one attached hydrogen (secondary N) is 1. The van der Waals surface area contributed by atoms with Crippen LogP contribution >= 0.6 is 0 Å². The van der Waals surface area contributed by atoms with Crippen LogP contribution in [0.15, 0.2) is 24.3 Å². The molecule has 1 unspecified atom stereocenters. The third-order valence-electron chi connectivity index (χ3n) is 3.01. The van der Waals surface area contributed by atoms with E-state index >= 15 is 0 Å². The molecular weight excluding hydrogens is 198 g/mol. The lowest BCUT2D eigenvalue weighted by atomic mass is 9.93. The van der Waals surface area contributed by atoms with Crippen molar-refractivity contribution < 1.29 is 4.74 Å². The smallest absolute Gasteiger partial charge is 0.0719 e. The Bertz CT molecular complexity index is 335. The van der Waals surface area contributed by atoms with E-state index in [0.29, 0.717) is 11.8 Å². The number of ether oxygens (including phenoxy) is 1. The summed E-state index contributed by atoms with van der Waals surface area (Å²) < 4.78 is 5.63. The Morgan fingerprint density at radius 2 is 2.19 bits per heavy atom. The van der Waals surface area contributed by atoms with Gasteiger partial charge in [0.25, 0.3) is 0 Å². The van der Waals surface area contributed by atoms with Crippen molar-refractivity contribution in [1.82, 2.24) is 5.32 Å². The van der Waals surface area contributed by atoms with Gasteiger partial charge in [-0.15, -0.1) is 0 Å². The van der Waals surface area contributed by atoms with E-state index in [4.69, 9.17) is 4.74 Å². The van der Waals surface area contributed by atoms with Crippen molar-refractivity contribution >= 4 is 0 Å². The Balaban J connectivity index is 1.96. The number of fused-ring (bicyclic) bond motifs is 1. The Kier molecular flexibility index (Phi) is 3.97. The largest absolute Gasteiger partial charge is 0.376 e. The topological polar surface area (TPSA) is 21.3 Å². The lowest BCUT2D eigenvalue weighted by Gasteiger charge is -2.26. The number of hydrogen-bond donors (Lipinski definition) is 1.